The first-order chi connectivity index (χ1) is 14.7. The molecule has 0 radical (unpaired) electrons. The Labute approximate surface area is 202 Å². The SMILES string of the molecule is CN=C(NCc1oc2ccc(F)cc2c1C)NCC(c1cccs1)N1CCOCC1.I. The second-order valence-electron chi connectivity index (χ2n) is 7.28. The summed E-state index contributed by atoms with van der Waals surface area (Å²) in [5.74, 6) is 1.23. The monoisotopic (exact) mass is 558 g/mol. The Kier molecular flexibility index (Phi) is 8.70. The zero-order chi connectivity index (χ0) is 20.9. The van der Waals surface area contributed by atoms with E-state index < -0.39 is 0 Å². The fraction of sp³-hybridized carbons (Fsp3) is 0.409. The lowest BCUT2D eigenvalue weighted by molar-refractivity contribution is 0.0177. The van der Waals surface area contributed by atoms with Crippen molar-refractivity contribution in [1.82, 2.24) is 15.5 Å². The van der Waals surface area contributed by atoms with E-state index in [9.17, 15) is 4.39 Å². The summed E-state index contributed by atoms with van der Waals surface area (Å²) in [6.45, 7) is 6.54. The molecular weight excluding hydrogens is 530 g/mol. The minimum Gasteiger partial charge on any atom is -0.459 e. The van der Waals surface area contributed by atoms with E-state index >= 15 is 0 Å². The first-order valence-corrected chi connectivity index (χ1v) is 11.0. The molecule has 2 aromatic heterocycles. The molecule has 4 rings (SSSR count). The van der Waals surface area contributed by atoms with Crippen molar-refractivity contribution in [2.45, 2.75) is 19.5 Å². The molecule has 1 fully saturated rings. The van der Waals surface area contributed by atoms with E-state index in [0.717, 1.165) is 49.6 Å². The Morgan fingerprint density at radius 2 is 2.06 bits per heavy atom. The van der Waals surface area contributed by atoms with Gasteiger partial charge in [-0.25, -0.2) is 4.39 Å². The lowest BCUT2D eigenvalue weighted by atomic mass is 10.1. The zero-order valence-corrected chi connectivity index (χ0v) is 20.8. The molecule has 9 heteroatoms. The first-order valence-electron chi connectivity index (χ1n) is 10.1. The van der Waals surface area contributed by atoms with Gasteiger partial charge in [0.15, 0.2) is 5.96 Å². The molecule has 6 nitrogen and oxygen atoms in total. The Balaban J connectivity index is 0.00000272. The van der Waals surface area contributed by atoms with Gasteiger partial charge >= 0.3 is 0 Å². The van der Waals surface area contributed by atoms with Gasteiger partial charge < -0.3 is 19.8 Å². The van der Waals surface area contributed by atoms with Crippen LogP contribution in [0.15, 0.2) is 45.1 Å². The molecule has 1 aliphatic heterocycles. The van der Waals surface area contributed by atoms with Crippen molar-refractivity contribution in [3.05, 3.63) is 57.7 Å². The average molecular weight is 558 g/mol. The lowest BCUT2D eigenvalue weighted by Gasteiger charge is -2.34. The maximum atomic E-state index is 13.5. The van der Waals surface area contributed by atoms with Crippen LogP contribution >= 0.6 is 35.3 Å². The number of morpholine rings is 1. The van der Waals surface area contributed by atoms with Crippen molar-refractivity contribution in [3.63, 3.8) is 0 Å². The van der Waals surface area contributed by atoms with Crippen molar-refractivity contribution in [1.29, 1.82) is 0 Å². The number of aliphatic imine (C=N–C) groups is 1. The number of rotatable bonds is 6. The van der Waals surface area contributed by atoms with Crippen molar-refractivity contribution < 1.29 is 13.5 Å². The van der Waals surface area contributed by atoms with E-state index in [0.29, 0.717) is 18.1 Å². The maximum absolute atomic E-state index is 13.5. The van der Waals surface area contributed by atoms with E-state index in [2.05, 4.69) is 38.0 Å². The zero-order valence-electron chi connectivity index (χ0n) is 17.7. The number of nitrogens with one attached hydrogen (secondary N) is 2. The fourth-order valence-corrected chi connectivity index (χ4v) is 4.63. The molecule has 168 valence electrons. The van der Waals surface area contributed by atoms with Crippen molar-refractivity contribution in [3.8, 4) is 0 Å². The molecular formula is C22H28FIN4O2S. The molecule has 1 aromatic carbocycles. The summed E-state index contributed by atoms with van der Waals surface area (Å²) in [6, 6.07) is 9.14. The quantitative estimate of drug-likeness (QED) is 0.269. The smallest absolute Gasteiger partial charge is 0.191 e. The first kappa shape index (κ1) is 24.0. The van der Waals surface area contributed by atoms with Crippen molar-refractivity contribution >= 4 is 52.2 Å². The Bertz CT molecular complexity index is 1000. The number of aryl methyl sites for hydroxylation is 1. The van der Waals surface area contributed by atoms with Gasteiger partial charge in [0.05, 0.1) is 25.8 Å². The molecule has 1 unspecified atom stereocenters. The summed E-state index contributed by atoms with van der Waals surface area (Å²) in [7, 11) is 1.76. The Morgan fingerprint density at radius 3 is 2.77 bits per heavy atom. The molecule has 0 saturated carbocycles. The predicted octanol–water partition coefficient (Wildman–Crippen LogP) is 4.30. The number of ether oxygens (including phenoxy) is 1. The molecule has 0 aliphatic carbocycles. The van der Waals surface area contributed by atoms with E-state index in [-0.39, 0.29) is 35.8 Å². The topological polar surface area (TPSA) is 62.0 Å². The average Bonchev–Trinajstić information content (AvgIpc) is 3.40. The van der Waals surface area contributed by atoms with Crippen LogP contribution in [0.3, 0.4) is 0 Å². The number of fused-ring (bicyclic) bond motifs is 1. The second-order valence-corrected chi connectivity index (χ2v) is 8.26. The molecule has 3 heterocycles. The predicted molar refractivity (Wildman–Crippen MR) is 134 cm³/mol. The van der Waals surface area contributed by atoms with Gasteiger partial charge in [0, 0.05) is 42.5 Å². The van der Waals surface area contributed by atoms with Gasteiger partial charge in [-0.2, -0.15) is 0 Å². The number of hydrogen-bond acceptors (Lipinski definition) is 5. The lowest BCUT2D eigenvalue weighted by Crippen LogP contribution is -2.46. The number of thiophene rings is 1. The van der Waals surface area contributed by atoms with Crippen LogP contribution in [0.1, 0.15) is 22.2 Å². The van der Waals surface area contributed by atoms with Crippen LogP contribution < -0.4 is 10.6 Å². The molecule has 1 aliphatic rings. The molecule has 1 atom stereocenters. The summed E-state index contributed by atoms with van der Waals surface area (Å²) in [6.07, 6.45) is 0. The van der Waals surface area contributed by atoms with E-state index in [1.165, 1.54) is 17.0 Å². The third-order valence-corrected chi connectivity index (χ3v) is 6.43. The van der Waals surface area contributed by atoms with Gasteiger partial charge in [0.2, 0.25) is 0 Å². The van der Waals surface area contributed by atoms with Gasteiger partial charge in [-0.05, 0) is 36.6 Å². The highest BCUT2D eigenvalue weighted by Gasteiger charge is 2.23. The van der Waals surface area contributed by atoms with Gasteiger partial charge in [-0.3, -0.25) is 9.89 Å². The summed E-state index contributed by atoms with van der Waals surface area (Å²) < 4.78 is 25.0. The van der Waals surface area contributed by atoms with Gasteiger partial charge in [0.25, 0.3) is 0 Å². The van der Waals surface area contributed by atoms with Crippen LogP contribution in [0, 0.1) is 12.7 Å². The number of guanidine groups is 1. The molecule has 2 N–H and O–H groups in total. The third-order valence-electron chi connectivity index (χ3n) is 5.46. The minimum atomic E-state index is -0.258. The van der Waals surface area contributed by atoms with Crippen LogP contribution in [-0.2, 0) is 11.3 Å². The number of hydrogen-bond donors (Lipinski definition) is 2. The van der Waals surface area contributed by atoms with E-state index in [4.69, 9.17) is 9.15 Å². The number of furan rings is 1. The molecule has 0 bridgehead atoms. The van der Waals surface area contributed by atoms with Crippen LogP contribution in [0.2, 0.25) is 0 Å². The number of halogens is 2. The van der Waals surface area contributed by atoms with E-state index in [1.807, 2.05) is 6.92 Å². The van der Waals surface area contributed by atoms with Crippen molar-refractivity contribution in [2.24, 2.45) is 4.99 Å². The summed E-state index contributed by atoms with van der Waals surface area (Å²) in [5.41, 5.74) is 1.64. The summed E-state index contributed by atoms with van der Waals surface area (Å²) >= 11 is 1.77. The Morgan fingerprint density at radius 1 is 1.26 bits per heavy atom. The number of nitrogens with zero attached hydrogens (tertiary/aromatic N) is 2. The van der Waals surface area contributed by atoms with Crippen LogP contribution in [-0.4, -0.2) is 50.8 Å². The molecule has 1 saturated heterocycles. The van der Waals surface area contributed by atoms with Crippen LogP contribution in [0.4, 0.5) is 4.39 Å². The van der Waals surface area contributed by atoms with Crippen LogP contribution in [0.5, 0.6) is 0 Å². The van der Waals surface area contributed by atoms with Crippen molar-refractivity contribution in [2.75, 3.05) is 39.9 Å². The Hall–Kier alpha value is -1.69. The number of benzene rings is 1. The van der Waals surface area contributed by atoms with Gasteiger partial charge in [-0.15, -0.1) is 35.3 Å². The highest BCUT2D eigenvalue weighted by atomic mass is 127. The minimum absolute atomic E-state index is 0. The fourth-order valence-electron chi connectivity index (χ4n) is 3.77. The molecule has 3 aromatic rings. The second kappa shape index (κ2) is 11.3. The largest absolute Gasteiger partial charge is 0.459 e. The molecule has 0 amide bonds. The maximum Gasteiger partial charge on any atom is 0.191 e. The van der Waals surface area contributed by atoms with Gasteiger partial charge in [-0.1, -0.05) is 6.07 Å². The standard InChI is InChI=1S/C22H27FN4O2S.HI/c1-15-17-12-16(23)5-6-19(17)29-20(15)14-26-22(24-2)25-13-18(21-4-3-11-30-21)27-7-9-28-10-8-27;/h3-6,11-12,18H,7-10,13-14H2,1-2H3,(H2,24,25,26);1H. The van der Waals surface area contributed by atoms with Gasteiger partial charge in [0.1, 0.15) is 17.2 Å². The summed E-state index contributed by atoms with van der Waals surface area (Å²) in [5, 5.41) is 9.69. The third kappa shape index (κ3) is 5.76. The molecule has 0 spiro atoms. The van der Waals surface area contributed by atoms with Crippen LogP contribution in [0.25, 0.3) is 11.0 Å². The molecule has 31 heavy (non-hydrogen) atoms. The normalized spacial score (nSPS) is 16.2. The highest BCUT2D eigenvalue weighted by Crippen LogP contribution is 2.27. The summed E-state index contributed by atoms with van der Waals surface area (Å²) in [4.78, 5) is 8.13. The highest BCUT2D eigenvalue weighted by molar-refractivity contribution is 14.0. The van der Waals surface area contributed by atoms with E-state index in [1.54, 1.807) is 24.5 Å².